The van der Waals surface area contributed by atoms with Crippen molar-refractivity contribution in [1.29, 1.82) is 0 Å². The zero-order valence-electron chi connectivity index (χ0n) is 13.7. The fraction of sp³-hybridized carbons (Fsp3) is 0.167. The van der Waals surface area contributed by atoms with Crippen LogP contribution in [0.1, 0.15) is 25.0 Å². The van der Waals surface area contributed by atoms with Gasteiger partial charge in [-0.2, -0.15) is 0 Å². The minimum Gasteiger partial charge on any atom is -0.427 e. The van der Waals surface area contributed by atoms with Crippen LogP contribution in [0.3, 0.4) is 0 Å². The van der Waals surface area contributed by atoms with Crippen molar-refractivity contribution in [2.24, 2.45) is 5.14 Å². The maximum Gasteiger partial charge on any atom is 0.308 e. The average molecular weight is 345 g/mol. The molecule has 0 radical (unpaired) electrons. The number of primary sulfonamides is 1. The second kappa shape index (κ2) is 8.87. The van der Waals surface area contributed by atoms with E-state index in [0.29, 0.717) is 5.75 Å². The molecule has 0 aliphatic rings. The molecule has 24 heavy (non-hydrogen) atoms. The number of carbonyl (C=O) groups is 1. The standard InChI is InChI=1S/C9H9NO2S.C9H10O2/c1-2-3-8-4-6-9(7-5-8)13(10,11)12;1-7-3-5-9(6-4-7)11-8(2)10/h4-7H,1H3,(H2,10,11,12);3-6H,1-2H3. The van der Waals surface area contributed by atoms with E-state index in [1.807, 2.05) is 19.1 Å². The van der Waals surface area contributed by atoms with Gasteiger partial charge in [0.2, 0.25) is 10.0 Å². The number of carbonyl (C=O) groups excluding carboxylic acids is 1. The van der Waals surface area contributed by atoms with E-state index in [1.165, 1.54) is 19.1 Å². The van der Waals surface area contributed by atoms with E-state index in [9.17, 15) is 13.2 Å². The molecule has 0 amide bonds. The first-order valence-corrected chi connectivity index (χ1v) is 8.57. The fourth-order valence-corrected chi connectivity index (χ4v) is 2.16. The summed E-state index contributed by atoms with van der Waals surface area (Å²) < 4.78 is 26.5. The number of nitrogens with two attached hydrogens (primary N) is 1. The van der Waals surface area contributed by atoms with E-state index >= 15 is 0 Å². The Labute approximate surface area is 142 Å². The van der Waals surface area contributed by atoms with Crippen molar-refractivity contribution in [2.45, 2.75) is 25.7 Å². The highest BCUT2D eigenvalue weighted by atomic mass is 32.2. The van der Waals surface area contributed by atoms with E-state index in [2.05, 4.69) is 11.8 Å². The predicted molar refractivity (Wildman–Crippen MR) is 92.9 cm³/mol. The van der Waals surface area contributed by atoms with Gasteiger partial charge in [0, 0.05) is 12.5 Å². The third-order valence-electron chi connectivity index (χ3n) is 2.73. The Morgan fingerprint density at radius 3 is 2.00 bits per heavy atom. The van der Waals surface area contributed by atoms with Gasteiger partial charge in [0.25, 0.3) is 0 Å². The molecule has 6 heteroatoms. The summed E-state index contributed by atoms with van der Waals surface area (Å²) >= 11 is 0. The number of aryl methyl sites for hydroxylation is 1. The van der Waals surface area contributed by atoms with Crippen LogP contribution in [-0.2, 0) is 14.8 Å². The van der Waals surface area contributed by atoms with Crippen LogP contribution in [0.25, 0.3) is 0 Å². The van der Waals surface area contributed by atoms with Gasteiger partial charge in [-0.1, -0.05) is 23.6 Å². The molecule has 2 N–H and O–H groups in total. The first kappa shape index (κ1) is 19.4. The zero-order chi connectivity index (χ0) is 18.2. The van der Waals surface area contributed by atoms with Gasteiger partial charge < -0.3 is 4.74 Å². The van der Waals surface area contributed by atoms with Crippen LogP contribution in [0.2, 0.25) is 0 Å². The third kappa shape index (κ3) is 7.09. The second-order valence-electron chi connectivity index (χ2n) is 4.85. The molecule has 0 aromatic heterocycles. The van der Waals surface area contributed by atoms with E-state index < -0.39 is 10.0 Å². The lowest BCUT2D eigenvalue weighted by Gasteiger charge is -1.99. The molecule has 0 saturated carbocycles. The van der Waals surface area contributed by atoms with Crippen molar-refractivity contribution < 1.29 is 17.9 Å². The maximum absolute atomic E-state index is 10.8. The molecule has 0 atom stereocenters. The van der Waals surface area contributed by atoms with E-state index in [-0.39, 0.29) is 10.9 Å². The summed E-state index contributed by atoms with van der Waals surface area (Å²) in [5.74, 6) is 5.83. The predicted octanol–water partition coefficient (Wildman–Crippen LogP) is 2.63. The number of esters is 1. The summed E-state index contributed by atoms with van der Waals surface area (Å²) in [6, 6.07) is 13.5. The van der Waals surface area contributed by atoms with Gasteiger partial charge in [-0.15, -0.1) is 5.92 Å². The van der Waals surface area contributed by atoms with Gasteiger partial charge in [0.05, 0.1) is 4.90 Å². The van der Waals surface area contributed by atoms with Crippen LogP contribution in [0.15, 0.2) is 53.4 Å². The summed E-state index contributed by atoms with van der Waals surface area (Å²) in [4.78, 5) is 10.6. The molecule has 0 heterocycles. The van der Waals surface area contributed by atoms with Crippen molar-refractivity contribution in [2.75, 3.05) is 0 Å². The highest BCUT2D eigenvalue weighted by Crippen LogP contribution is 2.11. The van der Waals surface area contributed by atoms with Gasteiger partial charge in [-0.3, -0.25) is 4.79 Å². The van der Waals surface area contributed by atoms with Crippen molar-refractivity contribution in [3.8, 4) is 17.6 Å². The molecule has 0 spiro atoms. The number of ether oxygens (including phenoxy) is 1. The molecule has 5 nitrogen and oxygen atoms in total. The first-order valence-electron chi connectivity index (χ1n) is 7.03. The highest BCUT2D eigenvalue weighted by Gasteiger charge is 2.05. The Morgan fingerprint density at radius 2 is 1.58 bits per heavy atom. The van der Waals surface area contributed by atoms with Crippen LogP contribution < -0.4 is 9.88 Å². The van der Waals surface area contributed by atoms with Gasteiger partial charge in [0.1, 0.15) is 5.75 Å². The van der Waals surface area contributed by atoms with E-state index in [4.69, 9.17) is 9.88 Å². The molecule has 0 fully saturated rings. The van der Waals surface area contributed by atoms with E-state index in [1.54, 1.807) is 31.2 Å². The molecule has 126 valence electrons. The Morgan fingerprint density at radius 1 is 1.04 bits per heavy atom. The lowest BCUT2D eigenvalue weighted by atomic mass is 10.2. The smallest absolute Gasteiger partial charge is 0.308 e. The number of hydrogen-bond donors (Lipinski definition) is 1. The minimum absolute atomic E-state index is 0.106. The number of sulfonamides is 1. The Hall–Kier alpha value is -2.62. The lowest BCUT2D eigenvalue weighted by Crippen LogP contribution is -2.11. The van der Waals surface area contributed by atoms with Gasteiger partial charge >= 0.3 is 5.97 Å². The Bertz CT molecular complexity index is 843. The highest BCUT2D eigenvalue weighted by molar-refractivity contribution is 7.89. The van der Waals surface area contributed by atoms with Gasteiger partial charge in [0.15, 0.2) is 0 Å². The van der Waals surface area contributed by atoms with Gasteiger partial charge in [-0.25, -0.2) is 13.6 Å². The monoisotopic (exact) mass is 345 g/mol. The molecule has 0 aliphatic heterocycles. The fourth-order valence-electron chi connectivity index (χ4n) is 1.64. The largest absolute Gasteiger partial charge is 0.427 e. The summed E-state index contributed by atoms with van der Waals surface area (Å²) in [6.07, 6.45) is 0. The summed E-state index contributed by atoms with van der Waals surface area (Å²) in [6.45, 7) is 5.09. The number of benzene rings is 2. The van der Waals surface area contributed by atoms with Crippen LogP contribution in [0.5, 0.6) is 5.75 Å². The van der Waals surface area contributed by atoms with Crippen molar-refractivity contribution >= 4 is 16.0 Å². The molecule has 0 saturated heterocycles. The zero-order valence-corrected chi connectivity index (χ0v) is 14.6. The van der Waals surface area contributed by atoms with Crippen LogP contribution in [0, 0.1) is 18.8 Å². The topological polar surface area (TPSA) is 86.5 Å². The molecule has 2 aromatic rings. The SMILES string of the molecule is CC#Cc1ccc(S(N)(=O)=O)cc1.CC(=O)Oc1ccc(C)cc1. The average Bonchev–Trinajstić information content (AvgIpc) is 2.50. The Kier molecular flexibility index (Phi) is 7.18. The van der Waals surface area contributed by atoms with Crippen molar-refractivity contribution in [3.05, 3.63) is 59.7 Å². The quantitative estimate of drug-likeness (QED) is 0.515. The second-order valence-corrected chi connectivity index (χ2v) is 6.41. The Balaban J connectivity index is 0.000000243. The molecule has 0 aliphatic carbocycles. The summed E-state index contributed by atoms with van der Waals surface area (Å²) in [7, 11) is -3.58. The number of hydrogen-bond acceptors (Lipinski definition) is 4. The molecular formula is C18H19NO4S. The van der Waals surface area contributed by atoms with Crippen LogP contribution >= 0.6 is 0 Å². The molecular weight excluding hydrogens is 326 g/mol. The first-order chi connectivity index (χ1) is 11.2. The van der Waals surface area contributed by atoms with Crippen molar-refractivity contribution in [3.63, 3.8) is 0 Å². The minimum atomic E-state index is -3.58. The summed E-state index contributed by atoms with van der Waals surface area (Å²) in [5.41, 5.74) is 1.93. The third-order valence-corrected chi connectivity index (χ3v) is 3.66. The lowest BCUT2D eigenvalue weighted by molar-refractivity contribution is -0.131. The molecule has 0 unspecified atom stereocenters. The molecule has 2 aromatic carbocycles. The summed E-state index contributed by atoms with van der Waals surface area (Å²) in [5, 5.41) is 4.92. The van der Waals surface area contributed by atoms with Crippen molar-refractivity contribution in [1.82, 2.24) is 0 Å². The molecule has 0 bridgehead atoms. The van der Waals surface area contributed by atoms with Crippen LogP contribution in [-0.4, -0.2) is 14.4 Å². The molecule has 2 rings (SSSR count). The number of rotatable bonds is 2. The van der Waals surface area contributed by atoms with Gasteiger partial charge in [-0.05, 0) is 50.2 Å². The van der Waals surface area contributed by atoms with E-state index in [0.717, 1.165) is 11.1 Å². The van der Waals surface area contributed by atoms with Crippen LogP contribution in [0.4, 0.5) is 0 Å². The normalized spacial score (nSPS) is 9.83. The maximum atomic E-state index is 10.8.